The number of ether oxygens (including phenoxy) is 1. The second-order valence-corrected chi connectivity index (χ2v) is 15.1. The Morgan fingerprint density at radius 2 is 1.78 bits per heavy atom. The molecule has 7 unspecified atom stereocenters. The number of carboxylic acids is 1. The molecule has 3 rings (SSSR count). The van der Waals surface area contributed by atoms with E-state index in [0.29, 0.717) is 30.7 Å². The standard InChI is InChI=1S/C38H57N5O7S/c1-8-24(2)34(41-36(46)32-16-12-13-19-42(32)6)37(47)43(7)31(26(4)22-50-27(5)44)17-18-33-40-30(23-51-33)35(45)39-29(20-25(3)38(48)49)21-28-14-10-9-11-15-28/h9-11,14-15,23-26,29,31-32,34H,8,12-13,16-22H2,1-7H3,(H,39,45)(H,41,46)(H,48,49). The van der Waals surface area contributed by atoms with Crippen molar-refractivity contribution in [3.63, 3.8) is 0 Å². The van der Waals surface area contributed by atoms with Gasteiger partial charge in [0.1, 0.15) is 11.7 Å². The first-order chi connectivity index (χ1) is 24.2. The van der Waals surface area contributed by atoms with Crippen molar-refractivity contribution < 1.29 is 33.8 Å². The highest BCUT2D eigenvalue weighted by molar-refractivity contribution is 7.09. The van der Waals surface area contributed by atoms with E-state index in [1.165, 1.54) is 18.3 Å². The topological polar surface area (TPSA) is 158 Å². The van der Waals surface area contributed by atoms with E-state index < -0.39 is 29.9 Å². The fraction of sp³-hybridized carbons (Fsp3) is 0.632. The molecule has 51 heavy (non-hydrogen) atoms. The Hall–Kier alpha value is -3.84. The number of aliphatic carboxylic acids is 1. The Balaban J connectivity index is 1.75. The number of esters is 1. The summed E-state index contributed by atoms with van der Waals surface area (Å²) >= 11 is 1.34. The first-order valence-electron chi connectivity index (χ1n) is 18.1. The summed E-state index contributed by atoms with van der Waals surface area (Å²) in [7, 11) is 3.68. The highest BCUT2D eigenvalue weighted by atomic mass is 32.1. The molecule has 3 N–H and O–H groups in total. The minimum Gasteiger partial charge on any atom is -0.481 e. The van der Waals surface area contributed by atoms with Gasteiger partial charge in [0.15, 0.2) is 0 Å². The van der Waals surface area contributed by atoms with E-state index in [1.54, 1.807) is 24.3 Å². The van der Waals surface area contributed by atoms with Gasteiger partial charge >= 0.3 is 11.9 Å². The van der Waals surface area contributed by atoms with E-state index in [0.717, 1.165) is 31.4 Å². The summed E-state index contributed by atoms with van der Waals surface area (Å²) in [6.07, 6.45) is 5.17. The molecule has 1 aromatic heterocycles. The van der Waals surface area contributed by atoms with E-state index in [-0.39, 0.29) is 60.4 Å². The summed E-state index contributed by atoms with van der Waals surface area (Å²) in [5, 5.41) is 18.0. The Bertz CT molecular complexity index is 1450. The van der Waals surface area contributed by atoms with Crippen LogP contribution >= 0.6 is 11.3 Å². The number of nitrogens with zero attached hydrogens (tertiary/aromatic N) is 3. The van der Waals surface area contributed by atoms with E-state index in [9.17, 15) is 29.1 Å². The highest BCUT2D eigenvalue weighted by Crippen LogP contribution is 2.23. The summed E-state index contributed by atoms with van der Waals surface area (Å²) in [5.74, 6) is -3.01. The lowest BCUT2D eigenvalue weighted by Crippen LogP contribution is -2.58. The van der Waals surface area contributed by atoms with Crippen LogP contribution in [0.2, 0.25) is 0 Å². The van der Waals surface area contributed by atoms with Crippen molar-refractivity contribution in [3.8, 4) is 0 Å². The number of likely N-dealkylation sites (N-methyl/N-ethyl adjacent to an activating group) is 2. The van der Waals surface area contributed by atoms with Crippen LogP contribution in [0.3, 0.4) is 0 Å². The number of amides is 3. The monoisotopic (exact) mass is 727 g/mol. The lowest BCUT2D eigenvalue weighted by Gasteiger charge is -2.38. The third-order valence-electron chi connectivity index (χ3n) is 10.1. The van der Waals surface area contributed by atoms with Crippen LogP contribution in [0, 0.1) is 17.8 Å². The summed E-state index contributed by atoms with van der Waals surface area (Å²) in [4.78, 5) is 72.6. The number of aromatic nitrogens is 1. The number of thiazole rings is 1. The fourth-order valence-corrected chi connectivity index (χ4v) is 7.42. The van der Waals surface area contributed by atoms with Gasteiger partial charge in [-0.2, -0.15) is 0 Å². The van der Waals surface area contributed by atoms with Crippen LogP contribution in [0.25, 0.3) is 0 Å². The van der Waals surface area contributed by atoms with Gasteiger partial charge in [0, 0.05) is 43.8 Å². The van der Waals surface area contributed by atoms with Gasteiger partial charge in [0.2, 0.25) is 11.8 Å². The molecule has 1 aliphatic rings. The zero-order valence-electron chi connectivity index (χ0n) is 31.2. The smallest absolute Gasteiger partial charge is 0.306 e. The molecular formula is C38H57N5O7S. The Morgan fingerprint density at radius 3 is 2.41 bits per heavy atom. The van der Waals surface area contributed by atoms with Crippen molar-refractivity contribution in [3.05, 3.63) is 52.0 Å². The molecule has 12 nitrogen and oxygen atoms in total. The molecule has 3 amide bonds. The van der Waals surface area contributed by atoms with E-state index in [1.807, 2.05) is 63.1 Å². The molecule has 0 spiro atoms. The largest absolute Gasteiger partial charge is 0.481 e. The molecule has 1 saturated heterocycles. The number of carbonyl (C=O) groups is 5. The molecule has 0 bridgehead atoms. The number of carboxylic acid groups (broad SMARTS) is 1. The number of carbonyl (C=O) groups excluding carboxylic acids is 4. The maximum Gasteiger partial charge on any atom is 0.306 e. The molecule has 0 radical (unpaired) electrons. The van der Waals surface area contributed by atoms with Crippen molar-refractivity contribution in [2.75, 3.05) is 27.2 Å². The number of hydrogen-bond donors (Lipinski definition) is 3. The lowest BCUT2D eigenvalue weighted by molar-refractivity contribution is -0.145. The molecule has 1 aliphatic heterocycles. The molecule has 2 aromatic rings. The molecular weight excluding hydrogens is 671 g/mol. The highest BCUT2D eigenvalue weighted by Gasteiger charge is 2.36. The predicted molar refractivity (Wildman–Crippen MR) is 197 cm³/mol. The van der Waals surface area contributed by atoms with Crippen molar-refractivity contribution in [1.29, 1.82) is 0 Å². The Kier molecular flexibility index (Phi) is 16.5. The molecule has 2 heterocycles. The van der Waals surface area contributed by atoms with E-state index in [4.69, 9.17) is 4.74 Å². The normalized spacial score (nSPS) is 18.4. The number of benzene rings is 1. The summed E-state index contributed by atoms with van der Waals surface area (Å²) in [5.41, 5.74) is 1.24. The third-order valence-corrected chi connectivity index (χ3v) is 11.0. The number of aryl methyl sites for hydroxylation is 1. The lowest BCUT2D eigenvalue weighted by atomic mass is 9.92. The van der Waals surface area contributed by atoms with E-state index >= 15 is 0 Å². The van der Waals surface area contributed by atoms with Crippen LogP contribution in [0.5, 0.6) is 0 Å². The van der Waals surface area contributed by atoms with Crippen LogP contribution in [0.4, 0.5) is 0 Å². The summed E-state index contributed by atoms with van der Waals surface area (Å²) < 4.78 is 5.35. The van der Waals surface area contributed by atoms with E-state index in [2.05, 4.69) is 15.6 Å². The van der Waals surface area contributed by atoms with Gasteiger partial charge in [-0.25, -0.2) is 4.98 Å². The molecule has 7 atom stereocenters. The minimum atomic E-state index is -0.922. The van der Waals surface area contributed by atoms with Crippen LogP contribution in [0.1, 0.15) is 94.2 Å². The molecule has 1 fully saturated rings. The second-order valence-electron chi connectivity index (χ2n) is 14.2. The van der Waals surface area contributed by atoms with Crippen molar-refractivity contribution in [1.82, 2.24) is 25.4 Å². The van der Waals surface area contributed by atoms with Crippen molar-refractivity contribution >= 4 is 41.0 Å². The number of likely N-dealkylation sites (tertiary alicyclic amines) is 1. The van der Waals surface area contributed by atoms with Gasteiger partial charge in [-0.15, -0.1) is 11.3 Å². The third kappa shape index (κ3) is 12.7. The number of rotatable bonds is 19. The number of piperidine rings is 1. The second kappa shape index (κ2) is 20.3. The van der Waals surface area contributed by atoms with Crippen molar-refractivity contribution in [2.24, 2.45) is 17.8 Å². The van der Waals surface area contributed by atoms with Crippen molar-refractivity contribution in [2.45, 2.75) is 110 Å². The molecule has 282 valence electrons. The first-order valence-corrected chi connectivity index (χ1v) is 19.0. The van der Waals surface area contributed by atoms with Gasteiger partial charge in [0.05, 0.1) is 23.6 Å². The van der Waals surface area contributed by atoms with Gasteiger partial charge in [0.25, 0.3) is 5.91 Å². The summed E-state index contributed by atoms with van der Waals surface area (Å²) in [6, 6.07) is 7.87. The molecule has 1 aromatic carbocycles. The van der Waals surface area contributed by atoms with Gasteiger partial charge < -0.3 is 25.4 Å². The Morgan fingerprint density at radius 1 is 1.08 bits per heavy atom. The Labute approximate surface area is 306 Å². The number of nitrogens with one attached hydrogen (secondary N) is 2. The summed E-state index contributed by atoms with van der Waals surface area (Å²) in [6.45, 7) is 9.83. The zero-order chi connectivity index (χ0) is 37.7. The maximum absolute atomic E-state index is 14.2. The van der Waals surface area contributed by atoms with Crippen LogP contribution in [0.15, 0.2) is 35.7 Å². The minimum absolute atomic E-state index is 0.105. The fourth-order valence-electron chi connectivity index (χ4n) is 6.62. The predicted octanol–water partition coefficient (Wildman–Crippen LogP) is 4.57. The van der Waals surface area contributed by atoms with Gasteiger partial charge in [-0.05, 0) is 57.2 Å². The maximum atomic E-state index is 14.2. The average Bonchev–Trinajstić information content (AvgIpc) is 3.58. The van der Waals surface area contributed by atoms with Crippen LogP contribution < -0.4 is 10.6 Å². The first kappa shape index (κ1) is 41.6. The van der Waals surface area contributed by atoms with Crippen LogP contribution in [-0.4, -0.2) is 101 Å². The molecule has 0 saturated carbocycles. The molecule has 13 heteroatoms. The quantitative estimate of drug-likeness (QED) is 0.176. The van der Waals surface area contributed by atoms with Gasteiger partial charge in [-0.1, -0.05) is 70.9 Å². The SMILES string of the molecule is CCC(C)C(NC(=O)C1CCCCN1C)C(=O)N(C)C(CCc1nc(C(=O)NC(Cc2ccccc2)CC(C)C(=O)O)cs1)C(C)COC(C)=O. The van der Waals surface area contributed by atoms with Crippen LogP contribution in [-0.2, 0) is 36.8 Å². The zero-order valence-corrected chi connectivity index (χ0v) is 32.0. The molecule has 0 aliphatic carbocycles. The average molecular weight is 728 g/mol. The number of hydrogen-bond acceptors (Lipinski definition) is 9. The van der Waals surface area contributed by atoms with Gasteiger partial charge in [-0.3, -0.25) is 28.9 Å².